The molecule has 142 valence electrons. The molecule has 5 nitrogen and oxygen atoms in total. The van der Waals surface area contributed by atoms with Crippen LogP contribution in [0.3, 0.4) is 0 Å². The number of fused-ring (bicyclic) bond motifs is 1. The zero-order valence-corrected chi connectivity index (χ0v) is 16.6. The summed E-state index contributed by atoms with van der Waals surface area (Å²) >= 11 is 0. The first kappa shape index (κ1) is 18.9. The summed E-state index contributed by atoms with van der Waals surface area (Å²) in [5, 5.41) is 3.08. The van der Waals surface area contributed by atoms with Crippen LogP contribution in [-0.4, -0.2) is 39.5 Å². The summed E-state index contributed by atoms with van der Waals surface area (Å²) in [6.45, 7) is 7.18. The van der Waals surface area contributed by atoms with Crippen molar-refractivity contribution in [2.45, 2.75) is 77.9 Å². The summed E-state index contributed by atoms with van der Waals surface area (Å²) in [4.78, 5) is 19.6. The summed E-state index contributed by atoms with van der Waals surface area (Å²) in [6.07, 6.45) is 7.37. The average Bonchev–Trinajstić information content (AvgIpc) is 2.96. The molecule has 1 aliphatic rings. The Morgan fingerprint density at radius 1 is 1.35 bits per heavy atom. The lowest BCUT2D eigenvalue weighted by Gasteiger charge is -2.34. The van der Waals surface area contributed by atoms with E-state index in [4.69, 9.17) is 0 Å². The number of imidazole rings is 1. The summed E-state index contributed by atoms with van der Waals surface area (Å²) in [6, 6.07) is 6.43. The van der Waals surface area contributed by atoms with E-state index in [1.165, 1.54) is 32.1 Å². The lowest BCUT2D eigenvalue weighted by molar-refractivity contribution is -0.121. The second-order valence-electron chi connectivity index (χ2n) is 7.64. The first-order chi connectivity index (χ1) is 12.5. The molecule has 1 aromatic heterocycles. The number of carbonyl (C=O) groups excluding carboxylic acids is 1. The van der Waals surface area contributed by atoms with Gasteiger partial charge in [0, 0.05) is 18.3 Å². The number of likely N-dealkylation sites (N-methyl/N-ethyl adjacent to an activating group) is 1. The van der Waals surface area contributed by atoms with E-state index in [1.807, 2.05) is 26.0 Å². The van der Waals surface area contributed by atoms with Crippen LogP contribution in [0.2, 0.25) is 0 Å². The molecule has 0 bridgehead atoms. The van der Waals surface area contributed by atoms with E-state index in [1.54, 1.807) is 0 Å². The summed E-state index contributed by atoms with van der Waals surface area (Å²) in [5.74, 6) is 1.08. The fourth-order valence-corrected chi connectivity index (χ4v) is 4.07. The van der Waals surface area contributed by atoms with Crippen LogP contribution in [-0.2, 0) is 11.3 Å². The van der Waals surface area contributed by atoms with Crippen LogP contribution in [0.5, 0.6) is 0 Å². The predicted octanol–water partition coefficient (Wildman–Crippen LogP) is 4.35. The van der Waals surface area contributed by atoms with Crippen molar-refractivity contribution in [3.05, 3.63) is 24.0 Å². The highest BCUT2D eigenvalue weighted by atomic mass is 16.2. The number of hydrogen-bond donors (Lipinski definition) is 1. The number of nitrogens with zero attached hydrogens (tertiary/aromatic N) is 3. The van der Waals surface area contributed by atoms with Gasteiger partial charge in [0.05, 0.1) is 17.1 Å². The highest BCUT2D eigenvalue weighted by Crippen LogP contribution is 2.24. The molecule has 1 unspecified atom stereocenters. The molecule has 1 amide bonds. The Balaban J connectivity index is 1.70. The van der Waals surface area contributed by atoms with Gasteiger partial charge in [-0.25, -0.2) is 4.98 Å². The largest absolute Gasteiger partial charge is 0.328 e. The van der Waals surface area contributed by atoms with Gasteiger partial charge in [-0.15, -0.1) is 0 Å². The van der Waals surface area contributed by atoms with Crippen LogP contribution in [0.1, 0.15) is 58.2 Å². The fourth-order valence-electron chi connectivity index (χ4n) is 4.07. The maximum Gasteiger partial charge on any atom is 0.241 e. The normalized spacial score (nSPS) is 17.0. The van der Waals surface area contributed by atoms with Crippen LogP contribution in [0, 0.1) is 6.92 Å². The SMILES string of the molecule is CCCn1c(C)nc2cc(NC(=O)C(C)N(C)C3CCCCC3)ccc21. The molecular weight excluding hydrogens is 324 g/mol. The Morgan fingerprint density at radius 2 is 2.08 bits per heavy atom. The van der Waals surface area contributed by atoms with Crippen LogP contribution in [0.15, 0.2) is 18.2 Å². The van der Waals surface area contributed by atoms with Gasteiger partial charge in [0.15, 0.2) is 0 Å². The number of aryl methyl sites for hydroxylation is 2. The number of benzene rings is 1. The molecule has 0 aliphatic heterocycles. The minimum atomic E-state index is -0.131. The maximum atomic E-state index is 12.7. The van der Waals surface area contributed by atoms with Crippen molar-refractivity contribution in [2.75, 3.05) is 12.4 Å². The van der Waals surface area contributed by atoms with Gasteiger partial charge in [-0.1, -0.05) is 26.2 Å². The highest BCUT2D eigenvalue weighted by molar-refractivity contribution is 5.96. The predicted molar refractivity (Wildman–Crippen MR) is 107 cm³/mol. The van der Waals surface area contributed by atoms with Crippen molar-refractivity contribution < 1.29 is 4.79 Å². The third-order valence-electron chi connectivity index (χ3n) is 5.79. The van der Waals surface area contributed by atoms with Crippen LogP contribution in [0.25, 0.3) is 11.0 Å². The lowest BCUT2D eigenvalue weighted by Crippen LogP contribution is -2.46. The molecule has 1 aliphatic carbocycles. The first-order valence-electron chi connectivity index (χ1n) is 10.0. The topological polar surface area (TPSA) is 50.2 Å². The number of carbonyl (C=O) groups is 1. The average molecular weight is 357 g/mol. The third-order valence-corrected chi connectivity index (χ3v) is 5.79. The number of aromatic nitrogens is 2. The minimum absolute atomic E-state index is 0.0575. The van der Waals surface area contributed by atoms with Crippen molar-refractivity contribution in [2.24, 2.45) is 0 Å². The van der Waals surface area contributed by atoms with Gasteiger partial charge in [0.25, 0.3) is 0 Å². The molecule has 1 saturated carbocycles. The van der Waals surface area contributed by atoms with Gasteiger partial charge in [-0.05, 0) is 58.4 Å². The quantitative estimate of drug-likeness (QED) is 0.837. The van der Waals surface area contributed by atoms with E-state index >= 15 is 0 Å². The van der Waals surface area contributed by atoms with E-state index in [0.717, 1.165) is 35.5 Å². The Hall–Kier alpha value is -1.88. The molecule has 1 N–H and O–H groups in total. The molecule has 1 fully saturated rings. The highest BCUT2D eigenvalue weighted by Gasteiger charge is 2.26. The van der Waals surface area contributed by atoms with Gasteiger partial charge in [-0.2, -0.15) is 0 Å². The van der Waals surface area contributed by atoms with Gasteiger partial charge >= 0.3 is 0 Å². The molecule has 1 heterocycles. The smallest absolute Gasteiger partial charge is 0.241 e. The van der Waals surface area contributed by atoms with E-state index < -0.39 is 0 Å². The molecule has 1 atom stereocenters. The Kier molecular flexibility index (Phi) is 5.97. The second-order valence-corrected chi connectivity index (χ2v) is 7.64. The molecule has 0 radical (unpaired) electrons. The van der Waals surface area contributed by atoms with E-state index in [0.29, 0.717) is 6.04 Å². The molecule has 0 saturated heterocycles. The van der Waals surface area contributed by atoms with E-state index in [2.05, 4.69) is 39.8 Å². The summed E-state index contributed by atoms with van der Waals surface area (Å²) in [5.41, 5.74) is 2.91. The Morgan fingerprint density at radius 3 is 2.77 bits per heavy atom. The monoisotopic (exact) mass is 356 g/mol. The van der Waals surface area contributed by atoms with Crippen LogP contribution in [0.4, 0.5) is 5.69 Å². The third kappa shape index (κ3) is 3.93. The Labute approximate surface area is 156 Å². The second kappa shape index (κ2) is 8.21. The Bertz CT molecular complexity index is 761. The van der Waals surface area contributed by atoms with E-state index in [-0.39, 0.29) is 11.9 Å². The molecular formula is C21H32N4O. The summed E-state index contributed by atoms with van der Waals surface area (Å²) < 4.78 is 2.24. The van der Waals surface area contributed by atoms with Crippen molar-refractivity contribution >= 4 is 22.6 Å². The minimum Gasteiger partial charge on any atom is -0.328 e. The van der Waals surface area contributed by atoms with Crippen LogP contribution < -0.4 is 5.32 Å². The standard InChI is InChI=1S/C21H32N4O/c1-5-13-25-16(3)22-19-14-17(11-12-20(19)25)23-21(26)15(2)24(4)18-9-7-6-8-10-18/h11-12,14-15,18H,5-10,13H2,1-4H3,(H,23,26). The van der Waals surface area contributed by atoms with E-state index in [9.17, 15) is 4.79 Å². The molecule has 26 heavy (non-hydrogen) atoms. The molecule has 1 aromatic carbocycles. The lowest BCUT2D eigenvalue weighted by atomic mass is 9.93. The maximum absolute atomic E-state index is 12.7. The van der Waals surface area contributed by atoms with Crippen molar-refractivity contribution in [3.63, 3.8) is 0 Å². The first-order valence-corrected chi connectivity index (χ1v) is 10.0. The van der Waals surface area contributed by atoms with Gasteiger partial charge in [0.2, 0.25) is 5.91 Å². The van der Waals surface area contributed by atoms with Gasteiger partial charge < -0.3 is 9.88 Å². The van der Waals surface area contributed by atoms with Gasteiger partial charge in [-0.3, -0.25) is 9.69 Å². The summed E-state index contributed by atoms with van der Waals surface area (Å²) in [7, 11) is 2.08. The number of anilines is 1. The van der Waals surface area contributed by atoms with Crippen molar-refractivity contribution in [1.82, 2.24) is 14.5 Å². The fraction of sp³-hybridized carbons (Fsp3) is 0.619. The number of nitrogens with one attached hydrogen (secondary N) is 1. The van der Waals surface area contributed by atoms with Crippen molar-refractivity contribution in [3.8, 4) is 0 Å². The van der Waals surface area contributed by atoms with Crippen molar-refractivity contribution in [1.29, 1.82) is 0 Å². The number of rotatable bonds is 6. The zero-order valence-electron chi connectivity index (χ0n) is 16.6. The zero-order chi connectivity index (χ0) is 18.7. The van der Waals surface area contributed by atoms with Crippen LogP contribution >= 0.6 is 0 Å². The molecule has 5 heteroatoms. The van der Waals surface area contributed by atoms with Gasteiger partial charge in [0.1, 0.15) is 5.82 Å². The number of amides is 1. The molecule has 0 spiro atoms. The molecule has 2 aromatic rings. The number of hydrogen-bond acceptors (Lipinski definition) is 3. The molecule has 3 rings (SSSR count).